The highest BCUT2D eigenvalue weighted by atomic mass is 16.6. The van der Waals surface area contributed by atoms with Gasteiger partial charge in [-0.2, -0.15) is 0 Å². The Morgan fingerprint density at radius 2 is 1.62 bits per heavy atom. The maximum atomic E-state index is 13.0. The summed E-state index contributed by atoms with van der Waals surface area (Å²) in [7, 11) is 0. The quantitative estimate of drug-likeness (QED) is 0.303. The highest BCUT2D eigenvalue weighted by molar-refractivity contribution is 5.85. The fourth-order valence-electron chi connectivity index (χ4n) is 11.6. The SMILES string of the molecule is CC(=O)O[C@@H](C[C@@H](C)[C@]12CC[C@@]3(C)[C@@]1(CC[C@H]1[C@@]4(C)CCC(=O)C(C)(C)[C@H]4CC[C@@]13C)O2)[C@H]1OC1(C)C. The average molecular weight is 515 g/mol. The second kappa shape index (κ2) is 7.42. The topological polar surface area (TPSA) is 68.4 Å². The van der Waals surface area contributed by atoms with Crippen LogP contribution in [0.4, 0.5) is 0 Å². The van der Waals surface area contributed by atoms with Crippen molar-refractivity contribution in [2.75, 3.05) is 0 Å². The van der Waals surface area contributed by atoms with Crippen molar-refractivity contribution >= 4 is 11.8 Å². The van der Waals surface area contributed by atoms with E-state index in [9.17, 15) is 9.59 Å². The number of carbonyl (C=O) groups excluding carboxylic acids is 2. The predicted molar refractivity (Wildman–Crippen MR) is 142 cm³/mol. The van der Waals surface area contributed by atoms with Crippen molar-refractivity contribution in [2.24, 2.45) is 39.4 Å². The summed E-state index contributed by atoms with van der Waals surface area (Å²) in [5, 5.41) is 0. The molecule has 6 aliphatic rings. The summed E-state index contributed by atoms with van der Waals surface area (Å²) in [6, 6.07) is 0. The lowest BCUT2D eigenvalue weighted by Gasteiger charge is -2.68. The Labute approximate surface area is 224 Å². The van der Waals surface area contributed by atoms with Crippen LogP contribution in [0, 0.1) is 39.4 Å². The molecule has 1 spiro atoms. The molecule has 6 rings (SSSR count). The molecule has 0 radical (unpaired) electrons. The first-order chi connectivity index (χ1) is 17.0. The molecule has 2 aliphatic heterocycles. The molecule has 37 heavy (non-hydrogen) atoms. The summed E-state index contributed by atoms with van der Waals surface area (Å²) in [5.41, 5.74) is -0.0699. The molecule has 4 saturated carbocycles. The minimum Gasteiger partial charge on any atom is -0.460 e. The fraction of sp³-hybridized carbons (Fsp3) is 0.938. The van der Waals surface area contributed by atoms with E-state index >= 15 is 0 Å². The van der Waals surface area contributed by atoms with Crippen LogP contribution in [0.5, 0.6) is 0 Å². The Morgan fingerprint density at radius 3 is 2.24 bits per heavy atom. The van der Waals surface area contributed by atoms with Gasteiger partial charge >= 0.3 is 5.97 Å². The van der Waals surface area contributed by atoms with Gasteiger partial charge in [-0.1, -0.05) is 41.5 Å². The summed E-state index contributed by atoms with van der Waals surface area (Å²) in [6.07, 6.45) is 9.30. The van der Waals surface area contributed by atoms with Gasteiger partial charge in [0.1, 0.15) is 29.2 Å². The Hall–Kier alpha value is -0.940. The van der Waals surface area contributed by atoms with E-state index in [2.05, 4.69) is 55.4 Å². The van der Waals surface area contributed by atoms with E-state index in [1.165, 1.54) is 26.2 Å². The average Bonchev–Trinajstić information content (AvgIpc) is 3.62. The van der Waals surface area contributed by atoms with Crippen LogP contribution in [0.2, 0.25) is 0 Å². The normalized spacial score (nSPS) is 52.1. The van der Waals surface area contributed by atoms with E-state index in [0.29, 0.717) is 23.5 Å². The van der Waals surface area contributed by atoms with Gasteiger partial charge in [0.2, 0.25) is 0 Å². The Morgan fingerprint density at radius 1 is 0.973 bits per heavy atom. The molecule has 0 amide bonds. The smallest absolute Gasteiger partial charge is 0.302 e. The predicted octanol–water partition coefficient (Wildman–Crippen LogP) is 6.65. The summed E-state index contributed by atoms with van der Waals surface area (Å²) in [4.78, 5) is 24.9. The number of esters is 1. The molecule has 0 aromatic heterocycles. The van der Waals surface area contributed by atoms with Gasteiger partial charge in [0.15, 0.2) is 0 Å². The third-order valence-electron chi connectivity index (χ3n) is 13.8. The first-order valence-electron chi connectivity index (χ1n) is 15.1. The van der Waals surface area contributed by atoms with E-state index in [1.807, 2.05) is 0 Å². The summed E-state index contributed by atoms with van der Waals surface area (Å²) in [6.45, 7) is 20.1. The molecule has 5 nitrogen and oxygen atoms in total. The molecule has 2 heterocycles. The molecular weight excluding hydrogens is 464 g/mol. The van der Waals surface area contributed by atoms with Crippen LogP contribution in [0.15, 0.2) is 0 Å². The number of ketones is 1. The van der Waals surface area contributed by atoms with E-state index in [4.69, 9.17) is 14.2 Å². The standard InChI is InChI=1S/C32H50O5/c1-19(18-21(35-20(2)33)25-27(5,6)36-25)31-17-16-30(9)29(8)14-10-22-26(3,4)24(34)12-13-28(22,7)23(29)11-15-32(30,31)37-31/h19,21-23,25H,10-18H2,1-9H3/t19-,21+,22-,23+,25-,28+,29+,30-,31-,32-/m1/s1. The molecule has 5 heteroatoms. The van der Waals surface area contributed by atoms with Gasteiger partial charge in [-0.3, -0.25) is 9.59 Å². The molecule has 0 bridgehead atoms. The maximum Gasteiger partial charge on any atom is 0.302 e. The Balaban J connectivity index is 1.28. The molecule has 0 N–H and O–H groups in total. The van der Waals surface area contributed by atoms with Crippen molar-refractivity contribution in [1.29, 1.82) is 0 Å². The molecule has 208 valence electrons. The number of hydrogen-bond donors (Lipinski definition) is 0. The first kappa shape index (κ1) is 26.3. The monoisotopic (exact) mass is 514 g/mol. The molecule has 4 aliphatic carbocycles. The van der Waals surface area contributed by atoms with Crippen LogP contribution in [0.3, 0.4) is 0 Å². The first-order valence-corrected chi connectivity index (χ1v) is 15.1. The molecule has 6 fully saturated rings. The third-order valence-corrected chi connectivity index (χ3v) is 13.8. The van der Waals surface area contributed by atoms with Crippen LogP contribution in [-0.2, 0) is 23.8 Å². The second-order valence-electron chi connectivity index (χ2n) is 15.8. The van der Waals surface area contributed by atoms with Crippen molar-refractivity contribution in [2.45, 2.75) is 149 Å². The lowest BCUT2D eigenvalue weighted by atomic mass is 9.35. The zero-order valence-corrected chi connectivity index (χ0v) is 24.8. The molecule has 0 unspecified atom stereocenters. The van der Waals surface area contributed by atoms with Crippen molar-refractivity contribution in [3.63, 3.8) is 0 Å². The largest absolute Gasteiger partial charge is 0.460 e. The van der Waals surface area contributed by atoms with Crippen molar-refractivity contribution in [3.05, 3.63) is 0 Å². The van der Waals surface area contributed by atoms with E-state index in [0.717, 1.165) is 38.5 Å². The molecular formula is C32H50O5. The minimum absolute atomic E-state index is 0.0291. The third kappa shape index (κ3) is 3.05. The molecule has 0 aromatic rings. The van der Waals surface area contributed by atoms with Crippen LogP contribution in [-0.4, -0.2) is 40.8 Å². The van der Waals surface area contributed by atoms with E-state index in [-0.39, 0.29) is 56.6 Å². The number of epoxide rings is 2. The summed E-state index contributed by atoms with van der Waals surface area (Å²) >= 11 is 0. The van der Waals surface area contributed by atoms with Crippen LogP contribution in [0.25, 0.3) is 0 Å². The lowest BCUT2D eigenvalue weighted by Crippen LogP contribution is -2.65. The van der Waals surface area contributed by atoms with Gasteiger partial charge in [0.05, 0.1) is 5.60 Å². The number of Topliss-reactive ketones (excluding diaryl/α,β-unsaturated/α-hetero) is 1. The van der Waals surface area contributed by atoms with Gasteiger partial charge in [0.25, 0.3) is 0 Å². The zero-order chi connectivity index (χ0) is 27.0. The second-order valence-corrected chi connectivity index (χ2v) is 15.8. The van der Waals surface area contributed by atoms with Gasteiger partial charge in [-0.25, -0.2) is 0 Å². The number of hydrogen-bond acceptors (Lipinski definition) is 5. The van der Waals surface area contributed by atoms with Crippen molar-refractivity contribution in [1.82, 2.24) is 0 Å². The van der Waals surface area contributed by atoms with Crippen LogP contribution in [0.1, 0.15) is 120 Å². The summed E-state index contributed by atoms with van der Waals surface area (Å²) < 4.78 is 18.8. The highest BCUT2D eigenvalue weighted by Gasteiger charge is 2.87. The molecule has 0 aromatic carbocycles. The number of rotatable bonds is 5. The van der Waals surface area contributed by atoms with Gasteiger partial charge in [0, 0.05) is 24.2 Å². The van der Waals surface area contributed by atoms with E-state index in [1.54, 1.807) is 0 Å². The number of carbonyl (C=O) groups is 2. The minimum atomic E-state index is -0.226. The number of ether oxygens (including phenoxy) is 3. The van der Waals surface area contributed by atoms with Gasteiger partial charge in [-0.15, -0.1) is 0 Å². The van der Waals surface area contributed by atoms with Crippen molar-refractivity contribution < 1.29 is 23.8 Å². The number of fused-ring (bicyclic) bond motifs is 4. The zero-order valence-electron chi connectivity index (χ0n) is 24.8. The van der Waals surface area contributed by atoms with Crippen LogP contribution >= 0.6 is 0 Å². The maximum absolute atomic E-state index is 13.0. The highest BCUT2D eigenvalue weighted by Crippen LogP contribution is 2.84. The molecule has 10 atom stereocenters. The van der Waals surface area contributed by atoms with Gasteiger partial charge < -0.3 is 14.2 Å². The van der Waals surface area contributed by atoms with Crippen LogP contribution < -0.4 is 0 Å². The lowest BCUT2D eigenvalue weighted by molar-refractivity contribution is -0.208. The fourth-order valence-corrected chi connectivity index (χ4v) is 11.6. The molecule has 2 saturated heterocycles. The Kier molecular flexibility index (Phi) is 5.27. The van der Waals surface area contributed by atoms with E-state index < -0.39 is 0 Å². The van der Waals surface area contributed by atoms with Gasteiger partial charge in [-0.05, 0) is 93.8 Å². The summed E-state index contributed by atoms with van der Waals surface area (Å²) in [5.74, 6) is 1.66. The Bertz CT molecular complexity index is 1030. The van der Waals surface area contributed by atoms with Crippen molar-refractivity contribution in [3.8, 4) is 0 Å².